The molecule has 3 N–H and O–H groups in total. The Balaban J connectivity index is 2.64. The van der Waals surface area contributed by atoms with Crippen LogP contribution in [0.4, 0.5) is 16.2 Å². The third-order valence-electron chi connectivity index (χ3n) is 1.82. The van der Waals surface area contributed by atoms with Crippen LogP contribution >= 0.6 is 15.9 Å². The van der Waals surface area contributed by atoms with E-state index in [1.807, 2.05) is 0 Å². The minimum atomic E-state index is -0.878. The number of carbonyl (C=O) groups is 1. The van der Waals surface area contributed by atoms with E-state index in [0.29, 0.717) is 10.2 Å². The zero-order valence-electron chi connectivity index (χ0n) is 8.68. The Morgan fingerprint density at radius 3 is 2.88 bits per heavy atom. The van der Waals surface area contributed by atoms with Crippen molar-refractivity contribution in [3.63, 3.8) is 0 Å². The highest BCUT2D eigenvalue weighted by molar-refractivity contribution is 9.10. The average Bonchev–Trinajstić information content (AvgIpc) is 2.25. The summed E-state index contributed by atoms with van der Waals surface area (Å²) in [5.74, 6) is 0. The predicted molar refractivity (Wildman–Crippen MR) is 64.8 cm³/mol. The van der Waals surface area contributed by atoms with Crippen molar-refractivity contribution >= 4 is 33.4 Å². The number of ether oxygens (including phenoxy) is 1. The molecule has 0 heterocycles. The summed E-state index contributed by atoms with van der Waals surface area (Å²) in [5.41, 5.74) is 5.06. The Morgan fingerprint density at radius 2 is 2.29 bits per heavy atom. The Morgan fingerprint density at radius 1 is 1.59 bits per heavy atom. The number of nitrogens with zero attached hydrogens (tertiary/aromatic N) is 1. The van der Waals surface area contributed by atoms with Crippen molar-refractivity contribution in [2.24, 2.45) is 5.73 Å². The van der Waals surface area contributed by atoms with E-state index in [1.165, 1.54) is 6.07 Å². The minimum Gasteiger partial charge on any atom is -0.448 e. The molecule has 7 nitrogen and oxygen atoms in total. The number of nitro benzene ring substituents is 1. The van der Waals surface area contributed by atoms with Gasteiger partial charge in [0.2, 0.25) is 0 Å². The summed E-state index contributed by atoms with van der Waals surface area (Å²) in [6.45, 7) is 0.286. The number of rotatable bonds is 5. The molecule has 0 saturated carbocycles. The Kier molecular flexibility index (Phi) is 4.70. The molecule has 8 heteroatoms. The van der Waals surface area contributed by atoms with Gasteiger partial charge in [-0.1, -0.05) is 15.9 Å². The van der Waals surface area contributed by atoms with Gasteiger partial charge in [-0.05, 0) is 12.1 Å². The second-order valence-electron chi connectivity index (χ2n) is 3.01. The number of benzene rings is 1. The zero-order chi connectivity index (χ0) is 12.8. The molecule has 0 aliphatic carbocycles. The smallest absolute Gasteiger partial charge is 0.404 e. The molecule has 1 aromatic rings. The normalized spacial score (nSPS) is 9.71. The number of primary amides is 1. The van der Waals surface area contributed by atoms with Crippen molar-refractivity contribution in [3.05, 3.63) is 32.8 Å². The van der Waals surface area contributed by atoms with E-state index in [9.17, 15) is 14.9 Å². The molecule has 1 aromatic carbocycles. The highest BCUT2D eigenvalue weighted by Gasteiger charge is 2.13. The van der Waals surface area contributed by atoms with Gasteiger partial charge in [-0.15, -0.1) is 0 Å². The summed E-state index contributed by atoms with van der Waals surface area (Å²) in [5, 5.41) is 13.5. The number of halogens is 1. The van der Waals surface area contributed by atoms with Crippen LogP contribution in [-0.4, -0.2) is 24.2 Å². The molecule has 0 aliphatic rings. The summed E-state index contributed by atoms with van der Waals surface area (Å²) < 4.78 is 5.10. The predicted octanol–water partition coefficient (Wildman–Crippen LogP) is 1.86. The molecule has 17 heavy (non-hydrogen) atoms. The number of nitrogens with two attached hydrogens (primary N) is 1. The second-order valence-corrected chi connectivity index (χ2v) is 3.93. The van der Waals surface area contributed by atoms with Crippen LogP contribution in [0.25, 0.3) is 0 Å². The number of carbonyl (C=O) groups excluding carboxylic acids is 1. The third-order valence-corrected chi connectivity index (χ3v) is 2.31. The van der Waals surface area contributed by atoms with Crippen LogP contribution in [0.15, 0.2) is 22.7 Å². The summed E-state index contributed by atoms with van der Waals surface area (Å²) in [6.07, 6.45) is -0.878. The zero-order valence-corrected chi connectivity index (χ0v) is 10.3. The van der Waals surface area contributed by atoms with Crippen LogP contribution in [0, 0.1) is 10.1 Å². The Labute approximate surface area is 105 Å². The topological polar surface area (TPSA) is 107 Å². The molecule has 0 unspecified atom stereocenters. The lowest BCUT2D eigenvalue weighted by Crippen LogP contribution is -2.18. The lowest BCUT2D eigenvalue weighted by Gasteiger charge is -2.07. The summed E-state index contributed by atoms with van der Waals surface area (Å²) >= 11 is 3.15. The van der Waals surface area contributed by atoms with Gasteiger partial charge in [0.1, 0.15) is 12.3 Å². The van der Waals surface area contributed by atoms with Crippen LogP contribution in [0.5, 0.6) is 0 Å². The van der Waals surface area contributed by atoms with E-state index in [2.05, 4.69) is 26.0 Å². The van der Waals surface area contributed by atoms with Crippen LogP contribution < -0.4 is 11.1 Å². The second kappa shape index (κ2) is 6.04. The lowest BCUT2D eigenvalue weighted by molar-refractivity contribution is -0.384. The molecule has 0 atom stereocenters. The molecule has 0 radical (unpaired) electrons. The van der Waals surface area contributed by atoms with E-state index in [1.54, 1.807) is 12.1 Å². The Hall–Kier alpha value is -1.83. The highest BCUT2D eigenvalue weighted by atomic mass is 79.9. The fourth-order valence-electron chi connectivity index (χ4n) is 1.14. The number of nitro groups is 1. The summed E-state index contributed by atoms with van der Waals surface area (Å²) in [7, 11) is 0. The average molecular weight is 304 g/mol. The quantitative estimate of drug-likeness (QED) is 0.490. The van der Waals surface area contributed by atoms with Gasteiger partial charge in [-0.25, -0.2) is 4.79 Å². The van der Waals surface area contributed by atoms with Gasteiger partial charge in [0, 0.05) is 17.1 Å². The number of anilines is 1. The van der Waals surface area contributed by atoms with Gasteiger partial charge >= 0.3 is 6.09 Å². The lowest BCUT2D eigenvalue weighted by atomic mass is 10.2. The largest absolute Gasteiger partial charge is 0.448 e. The van der Waals surface area contributed by atoms with Crippen molar-refractivity contribution in [1.82, 2.24) is 0 Å². The summed E-state index contributed by atoms with van der Waals surface area (Å²) in [6, 6.07) is 4.62. The molecule has 0 saturated heterocycles. The molecular weight excluding hydrogens is 294 g/mol. The number of nitrogens with one attached hydrogen (secondary N) is 1. The minimum absolute atomic E-state index is 0.0442. The Bertz CT molecular complexity index is 438. The van der Waals surface area contributed by atoms with Crippen molar-refractivity contribution < 1.29 is 14.5 Å². The fraction of sp³-hybridized carbons (Fsp3) is 0.222. The first-order chi connectivity index (χ1) is 8.00. The highest BCUT2D eigenvalue weighted by Crippen LogP contribution is 2.27. The molecule has 0 bridgehead atoms. The molecule has 1 rings (SSSR count). The van der Waals surface area contributed by atoms with Gasteiger partial charge in [-0.3, -0.25) is 10.1 Å². The van der Waals surface area contributed by atoms with E-state index < -0.39 is 11.0 Å². The van der Waals surface area contributed by atoms with Crippen LogP contribution in [0.3, 0.4) is 0 Å². The monoisotopic (exact) mass is 303 g/mol. The number of hydrogen-bond donors (Lipinski definition) is 2. The first kappa shape index (κ1) is 13.2. The molecule has 92 valence electrons. The van der Waals surface area contributed by atoms with Gasteiger partial charge in [-0.2, -0.15) is 0 Å². The van der Waals surface area contributed by atoms with E-state index in [0.717, 1.165) is 0 Å². The maximum absolute atomic E-state index is 10.8. The van der Waals surface area contributed by atoms with Crippen molar-refractivity contribution in [2.45, 2.75) is 0 Å². The fourth-order valence-corrected chi connectivity index (χ4v) is 1.49. The maximum Gasteiger partial charge on any atom is 0.404 e. The third kappa shape index (κ3) is 4.27. The summed E-state index contributed by atoms with van der Waals surface area (Å²) in [4.78, 5) is 20.5. The molecule has 0 spiro atoms. The van der Waals surface area contributed by atoms with Gasteiger partial charge < -0.3 is 15.8 Å². The van der Waals surface area contributed by atoms with Crippen LogP contribution in [-0.2, 0) is 4.74 Å². The number of hydrogen-bond acceptors (Lipinski definition) is 5. The van der Waals surface area contributed by atoms with Gasteiger partial charge in [0.05, 0.1) is 4.92 Å². The molecule has 1 amide bonds. The standard InChI is InChI=1S/C9H10BrN3O4/c10-6-1-2-7(8(5-6)13(15)16)12-3-4-17-9(11)14/h1-2,5,12H,3-4H2,(H2,11,14). The van der Waals surface area contributed by atoms with Gasteiger partial charge in [0.15, 0.2) is 0 Å². The van der Waals surface area contributed by atoms with Crippen molar-refractivity contribution in [3.8, 4) is 0 Å². The molecular formula is C9H10BrN3O4. The van der Waals surface area contributed by atoms with Crippen LogP contribution in [0.1, 0.15) is 0 Å². The van der Waals surface area contributed by atoms with Crippen molar-refractivity contribution in [1.29, 1.82) is 0 Å². The van der Waals surface area contributed by atoms with Crippen LogP contribution in [0.2, 0.25) is 0 Å². The molecule has 0 aromatic heterocycles. The van der Waals surface area contributed by atoms with E-state index in [-0.39, 0.29) is 18.8 Å². The maximum atomic E-state index is 10.8. The first-order valence-corrected chi connectivity index (χ1v) is 5.40. The van der Waals surface area contributed by atoms with Crippen molar-refractivity contribution in [2.75, 3.05) is 18.5 Å². The SMILES string of the molecule is NC(=O)OCCNc1ccc(Br)cc1[N+](=O)[O-]. The van der Waals surface area contributed by atoms with Gasteiger partial charge in [0.25, 0.3) is 5.69 Å². The first-order valence-electron chi connectivity index (χ1n) is 4.60. The molecule has 0 fully saturated rings. The number of amides is 1. The van der Waals surface area contributed by atoms with E-state index in [4.69, 9.17) is 5.73 Å². The van der Waals surface area contributed by atoms with E-state index >= 15 is 0 Å². The molecule has 0 aliphatic heterocycles.